The normalized spacial score (nSPS) is 12.0. The van der Waals surface area contributed by atoms with Crippen molar-refractivity contribution < 1.29 is 33.5 Å². The first-order chi connectivity index (χ1) is 18.5. The molecular weight excluding hydrogens is 526 g/mol. The van der Waals surface area contributed by atoms with E-state index in [1.165, 1.54) is 12.1 Å². The van der Waals surface area contributed by atoms with Crippen molar-refractivity contribution >= 4 is 17.6 Å². The van der Waals surface area contributed by atoms with Crippen molar-refractivity contribution in [2.24, 2.45) is 10.8 Å². The minimum Gasteiger partial charge on any atom is -0.488 e. The van der Waals surface area contributed by atoms with Crippen molar-refractivity contribution in [3.05, 3.63) is 63.7 Å². The first kappa shape index (κ1) is 35.4. The molecule has 0 aliphatic rings. The molecule has 0 amide bonds. The smallest absolute Gasteiger partial charge is 0.311 e. The number of carbonyl (C=O) groups is 2. The van der Waals surface area contributed by atoms with Gasteiger partial charge in [0.1, 0.15) is 30.2 Å². The van der Waals surface area contributed by atoms with E-state index >= 15 is 0 Å². The third-order valence-electron chi connectivity index (χ3n) is 4.95. The number of ether oxygens (including phenoxy) is 4. The highest BCUT2D eigenvalue weighted by molar-refractivity contribution is 5.75. The average Bonchev–Trinajstić information content (AvgIpc) is 2.79. The van der Waals surface area contributed by atoms with Gasteiger partial charge in [-0.25, -0.2) is 0 Å². The fraction of sp³-hybridized carbons (Fsp3) is 0.562. The molecule has 2 aromatic rings. The second-order valence-electron chi connectivity index (χ2n) is 13.8. The maximum atomic E-state index is 11.7. The third kappa shape index (κ3) is 14.0. The van der Waals surface area contributed by atoms with Crippen molar-refractivity contribution in [1.29, 1.82) is 0 Å². The van der Waals surface area contributed by atoms with Gasteiger partial charge in [-0.3, -0.25) is 19.7 Å². The fourth-order valence-corrected chi connectivity index (χ4v) is 2.95. The lowest BCUT2D eigenvalue weighted by Crippen LogP contribution is -2.23. The molecule has 0 aromatic heterocycles. The molecule has 2 rings (SSSR count). The number of hydrogen-bond donors (Lipinski definition) is 0. The van der Waals surface area contributed by atoms with E-state index in [2.05, 4.69) is 0 Å². The molecule has 0 saturated carbocycles. The summed E-state index contributed by atoms with van der Waals surface area (Å²) >= 11 is 0. The standard InChI is InChI=1S/C16H23NO5.C16H24O3/c1-15(2,3)14(18)21-10-11-7-8-13(22-16(4,5)6)12(9-11)17(19)20;1-15(2,3)14(17)18-11-12-7-9-13(10-8-12)19-16(4,5)6/h7-9H,10H2,1-6H3;7-10H,11H2,1-6H3. The quantitative estimate of drug-likeness (QED) is 0.187. The molecule has 0 bridgehead atoms. The lowest BCUT2D eigenvalue weighted by molar-refractivity contribution is -0.386. The Hall–Kier alpha value is -3.62. The molecule has 0 heterocycles. The van der Waals surface area contributed by atoms with Gasteiger partial charge in [0, 0.05) is 6.07 Å². The Balaban J connectivity index is 0.000000414. The van der Waals surface area contributed by atoms with Gasteiger partial charge in [0.2, 0.25) is 0 Å². The van der Waals surface area contributed by atoms with E-state index in [1.54, 1.807) is 26.8 Å². The molecule has 9 nitrogen and oxygen atoms in total. The highest BCUT2D eigenvalue weighted by atomic mass is 16.6. The van der Waals surface area contributed by atoms with Gasteiger partial charge in [-0.1, -0.05) is 18.2 Å². The molecule has 9 heteroatoms. The molecule has 2 aromatic carbocycles. The van der Waals surface area contributed by atoms with Gasteiger partial charge in [-0.15, -0.1) is 0 Å². The molecule has 0 aliphatic carbocycles. The summed E-state index contributed by atoms with van der Waals surface area (Å²) in [5.41, 5.74) is -0.453. The molecule has 0 saturated heterocycles. The predicted molar refractivity (Wildman–Crippen MR) is 159 cm³/mol. The van der Waals surface area contributed by atoms with E-state index in [9.17, 15) is 19.7 Å². The van der Waals surface area contributed by atoms with E-state index in [0.29, 0.717) is 12.2 Å². The van der Waals surface area contributed by atoms with E-state index in [0.717, 1.165) is 11.3 Å². The number of nitrogens with zero attached hydrogens (tertiary/aromatic N) is 1. The number of hydrogen-bond acceptors (Lipinski definition) is 8. The molecule has 41 heavy (non-hydrogen) atoms. The summed E-state index contributed by atoms with van der Waals surface area (Å²) in [6, 6.07) is 12.2. The van der Waals surface area contributed by atoms with Gasteiger partial charge in [0.15, 0.2) is 5.75 Å². The Labute approximate surface area is 244 Å². The molecule has 0 spiro atoms. The summed E-state index contributed by atoms with van der Waals surface area (Å²) in [7, 11) is 0. The molecule has 0 fully saturated rings. The maximum absolute atomic E-state index is 11.7. The van der Waals surface area contributed by atoms with E-state index < -0.39 is 21.4 Å². The number of carbonyl (C=O) groups excluding carboxylic acids is 2. The number of benzene rings is 2. The average molecular weight is 574 g/mol. The van der Waals surface area contributed by atoms with Crippen LogP contribution < -0.4 is 9.47 Å². The predicted octanol–water partition coefficient (Wildman–Crippen LogP) is 7.81. The van der Waals surface area contributed by atoms with Crippen LogP contribution in [0.3, 0.4) is 0 Å². The van der Waals surface area contributed by atoms with Crippen LogP contribution in [-0.2, 0) is 32.3 Å². The molecule has 0 unspecified atom stereocenters. The SMILES string of the molecule is CC(C)(C)Oc1ccc(COC(=O)C(C)(C)C)cc1.CC(C)(C)Oc1ccc(COC(=O)C(C)(C)C)cc1[N+](=O)[O-]. The van der Waals surface area contributed by atoms with Gasteiger partial charge in [0.25, 0.3) is 0 Å². The zero-order valence-corrected chi connectivity index (χ0v) is 26.7. The third-order valence-corrected chi connectivity index (χ3v) is 4.95. The summed E-state index contributed by atoms with van der Waals surface area (Å²) in [5, 5.41) is 11.2. The zero-order valence-electron chi connectivity index (χ0n) is 26.7. The number of nitro benzene ring substituents is 1. The highest BCUT2D eigenvalue weighted by Crippen LogP contribution is 2.31. The number of nitro groups is 1. The second kappa shape index (κ2) is 13.8. The summed E-state index contributed by atoms with van der Waals surface area (Å²) in [5.74, 6) is 0.467. The lowest BCUT2D eigenvalue weighted by atomic mass is 9.97. The van der Waals surface area contributed by atoms with Crippen molar-refractivity contribution in [3.8, 4) is 11.5 Å². The van der Waals surface area contributed by atoms with Gasteiger partial charge < -0.3 is 18.9 Å². The topological polar surface area (TPSA) is 114 Å². The Morgan fingerprint density at radius 2 is 1.07 bits per heavy atom. The van der Waals surface area contributed by atoms with Gasteiger partial charge in [-0.05, 0) is 112 Å². The summed E-state index contributed by atoms with van der Waals surface area (Å²) in [6.45, 7) is 22.5. The van der Waals surface area contributed by atoms with Crippen LogP contribution in [0.4, 0.5) is 5.69 Å². The van der Waals surface area contributed by atoms with Crippen molar-refractivity contribution in [3.63, 3.8) is 0 Å². The lowest BCUT2D eigenvalue weighted by Gasteiger charge is -2.21. The van der Waals surface area contributed by atoms with Crippen LogP contribution in [0.1, 0.15) is 94.2 Å². The van der Waals surface area contributed by atoms with E-state index in [4.69, 9.17) is 18.9 Å². The van der Waals surface area contributed by atoms with Crippen molar-refractivity contribution in [2.75, 3.05) is 0 Å². The fourth-order valence-electron chi connectivity index (χ4n) is 2.95. The Kier molecular flexibility index (Phi) is 11.9. The summed E-state index contributed by atoms with van der Waals surface area (Å²) in [6.07, 6.45) is 0. The monoisotopic (exact) mass is 573 g/mol. The van der Waals surface area contributed by atoms with Crippen molar-refractivity contribution in [1.82, 2.24) is 0 Å². The van der Waals surface area contributed by atoms with Gasteiger partial charge in [-0.2, -0.15) is 0 Å². The largest absolute Gasteiger partial charge is 0.488 e. The Morgan fingerprint density at radius 3 is 1.46 bits per heavy atom. The summed E-state index contributed by atoms with van der Waals surface area (Å²) < 4.78 is 21.7. The van der Waals surface area contributed by atoms with Crippen LogP contribution in [0.15, 0.2) is 42.5 Å². The minimum atomic E-state index is -0.610. The molecule has 228 valence electrons. The summed E-state index contributed by atoms with van der Waals surface area (Å²) in [4.78, 5) is 34.0. The van der Waals surface area contributed by atoms with E-state index in [-0.39, 0.29) is 35.6 Å². The number of rotatable bonds is 7. The first-order valence-corrected chi connectivity index (χ1v) is 13.6. The minimum absolute atomic E-state index is 0.00720. The Morgan fingerprint density at radius 1 is 0.659 bits per heavy atom. The van der Waals surface area contributed by atoms with Crippen LogP contribution in [-0.4, -0.2) is 28.1 Å². The van der Waals surface area contributed by atoms with Crippen LogP contribution in [0.5, 0.6) is 11.5 Å². The molecule has 0 aliphatic heterocycles. The molecular formula is C32H47NO8. The highest BCUT2D eigenvalue weighted by Gasteiger charge is 2.25. The van der Waals surface area contributed by atoms with Crippen LogP contribution in [0, 0.1) is 20.9 Å². The second-order valence-corrected chi connectivity index (χ2v) is 13.8. The zero-order chi connectivity index (χ0) is 31.8. The van der Waals surface area contributed by atoms with Crippen LogP contribution in [0.2, 0.25) is 0 Å². The molecule has 0 radical (unpaired) electrons. The van der Waals surface area contributed by atoms with E-state index in [1.807, 2.05) is 86.6 Å². The molecule has 0 N–H and O–H groups in total. The van der Waals surface area contributed by atoms with Gasteiger partial charge in [0.05, 0.1) is 15.8 Å². The van der Waals surface area contributed by atoms with Crippen LogP contribution >= 0.6 is 0 Å². The molecule has 0 atom stereocenters. The van der Waals surface area contributed by atoms with Gasteiger partial charge >= 0.3 is 17.6 Å². The van der Waals surface area contributed by atoms with Crippen LogP contribution in [0.25, 0.3) is 0 Å². The number of esters is 2. The van der Waals surface area contributed by atoms with Crippen molar-refractivity contribution in [2.45, 2.75) is 108 Å². The maximum Gasteiger partial charge on any atom is 0.311 e. The first-order valence-electron chi connectivity index (χ1n) is 13.6. The Bertz CT molecular complexity index is 1170.